The molecule has 4 N–H and O–H groups in total. The van der Waals surface area contributed by atoms with Crippen LogP contribution >= 0.6 is 43.5 Å². The number of aliphatic imine (C=N–C) groups is 2. The van der Waals surface area contributed by atoms with E-state index in [1.165, 1.54) is 12.5 Å². The standard InChI is InChI=1S/C15H16Br2ClN7/c16-12(8-23-14(18)19)3-1-2-4-13(17)9-25-15(20)24-7-11-5-21-10-22-6-11/h2-6,8-10,19H,1,7H2,(H3,20,24,25)/b4-2+,12-3+,13-9+,19-14?,23-8?. The number of rotatable bonds is 7. The van der Waals surface area contributed by atoms with Gasteiger partial charge in [-0.3, -0.25) is 5.41 Å². The van der Waals surface area contributed by atoms with Crippen LogP contribution in [-0.2, 0) is 6.54 Å². The summed E-state index contributed by atoms with van der Waals surface area (Å²) in [6.45, 7) is 0.404. The summed E-state index contributed by atoms with van der Waals surface area (Å²) in [4.78, 5) is 15.6. The monoisotopic (exact) mass is 487 g/mol. The Bertz CT molecular complexity index is 712. The summed E-state index contributed by atoms with van der Waals surface area (Å²) in [7, 11) is 0. The van der Waals surface area contributed by atoms with E-state index in [0.717, 1.165) is 14.5 Å². The zero-order valence-electron chi connectivity index (χ0n) is 13.0. The third kappa shape index (κ3) is 11.4. The maximum atomic E-state index is 6.98. The Labute approximate surface area is 167 Å². The number of nitrogens with one attached hydrogen (secondary N) is 2. The van der Waals surface area contributed by atoms with E-state index in [1.54, 1.807) is 18.6 Å². The van der Waals surface area contributed by atoms with E-state index in [1.807, 2.05) is 18.2 Å². The molecule has 0 atom stereocenters. The van der Waals surface area contributed by atoms with Crippen LogP contribution in [0.1, 0.15) is 12.0 Å². The summed E-state index contributed by atoms with van der Waals surface area (Å²) in [5.74, 6) is 0.288. The summed E-state index contributed by atoms with van der Waals surface area (Å²) < 4.78 is 1.54. The van der Waals surface area contributed by atoms with Crippen LogP contribution in [-0.4, -0.2) is 27.4 Å². The Morgan fingerprint density at radius 3 is 2.72 bits per heavy atom. The second-order valence-electron chi connectivity index (χ2n) is 4.40. The van der Waals surface area contributed by atoms with Gasteiger partial charge in [0.1, 0.15) is 6.33 Å². The molecule has 0 unspecified atom stereocenters. The molecule has 1 aromatic heterocycles. The van der Waals surface area contributed by atoms with Crippen molar-refractivity contribution in [2.75, 3.05) is 0 Å². The molecular weight excluding hydrogens is 473 g/mol. The van der Waals surface area contributed by atoms with Crippen molar-refractivity contribution in [1.82, 2.24) is 15.3 Å². The molecule has 0 amide bonds. The highest BCUT2D eigenvalue weighted by Gasteiger charge is 1.93. The maximum absolute atomic E-state index is 6.98. The molecule has 1 rings (SSSR count). The fourth-order valence-electron chi connectivity index (χ4n) is 1.36. The molecule has 0 radical (unpaired) electrons. The fraction of sp³-hybridized carbons (Fsp3) is 0.133. The zero-order chi connectivity index (χ0) is 18.5. The maximum Gasteiger partial charge on any atom is 0.214 e. The van der Waals surface area contributed by atoms with Crippen LogP contribution in [0, 0.1) is 5.41 Å². The molecular formula is C15H16Br2ClN7. The minimum Gasteiger partial charge on any atom is -0.370 e. The molecule has 0 aliphatic rings. The molecule has 0 bridgehead atoms. The van der Waals surface area contributed by atoms with Gasteiger partial charge in [-0.25, -0.2) is 20.0 Å². The lowest BCUT2D eigenvalue weighted by Gasteiger charge is -2.00. The number of hydrogen-bond acceptors (Lipinski definition) is 4. The number of nitrogens with zero attached hydrogens (tertiary/aromatic N) is 4. The van der Waals surface area contributed by atoms with Crippen molar-refractivity contribution in [3.63, 3.8) is 0 Å². The summed E-state index contributed by atoms with van der Waals surface area (Å²) in [6, 6.07) is 0. The molecule has 0 saturated heterocycles. The van der Waals surface area contributed by atoms with Gasteiger partial charge in [0.05, 0.1) is 6.54 Å². The average molecular weight is 490 g/mol. The predicted octanol–water partition coefficient (Wildman–Crippen LogP) is 3.59. The highest BCUT2D eigenvalue weighted by atomic mass is 79.9. The van der Waals surface area contributed by atoms with Crippen molar-refractivity contribution in [2.45, 2.75) is 13.0 Å². The number of nitrogens with two attached hydrogens (primary N) is 1. The van der Waals surface area contributed by atoms with Gasteiger partial charge in [0.25, 0.3) is 0 Å². The lowest BCUT2D eigenvalue weighted by atomic mass is 10.3. The van der Waals surface area contributed by atoms with Gasteiger partial charge in [0, 0.05) is 39.3 Å². The predicted molar refractivity (Wildman–Crippen MR) is 110 cm³/mol. The van der Waals surface area contributed by atoms with Crippen molar-refractivity contribution < 1.29 is 0 Å². The SMILES string of the molecule is N=C(Cl)N=C/C(Br)=C\C/C=C/C(Br)=C\NC(N)=NCc1cncnc1. The van der Waals surface area contributed by atoms with E-state index >= 15 is 0 Å². The van der Waals surface area contributed by atoms with Gasteiger partial charge in [-0.1, -0.05) is 18.2 Å². The van der Waals surface area contributed by atoms with Crippen molar-refractivity contribution in [3.8, 4) is 0 Å². The van der Waals surface area contributed by atoms with Crippen LogP contribution in [0.25, 0.3) is 0 Å². The number of hydrogen-bond donors (Lipinski definition) is 3. The molecule has 0 aromatic carbocycles. The molecule has 25 heavy (non-hydrogen) atoms. The van der Waals surface area contributed by atoms with Crippen molar-refractivity contribution in [3.05, 3.63) is 57.7 Å². The smallest absolute Gasteiger partial charge is 0.214 e. The fourth-order valence-corrected chi connectivity index (χ4v) is 2.00. The topological polar surface area (TPSA) is 112 Å². The normalized spacial score (nSPS) is 13.6. The van der Waals surface area contributed by atoms with Gasteiger partial charge in [-0.15, -0.1) is 0 Å². The highest BCUT2D eigenvalue weighted by Crippen LogP contribution is 2.08. The summed E-state index contributed by atoms with van der Waals surface area (Å²) in [5, 5.41) is 9.59. The summed E-state index contributed by atoms with van der Waals surface area (Å²) in [6.07, 6.45) is 14.3. The lowest BCUT2D eigenvalue weighted by Crippen LogP contribution is -2.27. The van der Waals surface area contributed by atoms with Crippen LogP contribution in [0.15, 0.2) is 62.1 Å². The Hall–Kier alpha value is -1.84. The van der Waals surface area contributed by atoms with Crippen molar-refractivity contribution in [2.24, 2.45) is 15.7 Å². The largest absolute Gasteiger partial charge is 0.370 e. The second kappa shape index (κ2) is 12.5. The Morgan fingerprint density at radius 1 is 1.32 bits per heavy atom. The number of guanidine groups is 1. The Morgan fingerprint density at radius 2 is 2.04 bits per heavy atom. The first-order chi connectivity index (χ1) is 12.0. The quantitative estimate of drug-likeness (QED) is 0.235. The van der Waals surface area contributed by atoms with E-state index < -0.39 is 0 Å². The van der Waals surface area contributed by atoms with E-state index in [0.29, 0.717) is 13.0 Å². The second-order valence-corrected chi connectivity index (χ2v) is 6.59. The third-order valence-corrected chi connectivity index (χ3v) is 3.55. The first-order valence-corrected chi connectivity index (χ1v) is 8.90. The van der Waals surface area contributed by atoms with E-state index in [-0.39, 0.29) is 11.3 Å². The van der Waals surface area contributed by atoms with Crippen LogP contribution in [0.4, 0.5) is 0 Å². The molecule has 1 aromatic rings. The Kier molecular flexibility index (Phi) is 10.6. The van der Waals surface area contributed by atoms with Crippen molar-refractivity contribution in [1.29, 1.82) is 5.41 Å². The molecule has 1 heterocycles. The summed E-state index contributed by atoms with van der Waals surface area (Å²) in [5.41, 5.74) is 6.65. The first-order valence-electron chi connectivity index (χ1n) is 6.93. The van der Waals surface area contributed by atoms with Gasteiger partial charge in [-0.05, 0) is 49.9 Å². The minimum absolute atomic E-state index is 0.267. The average Bonchev–Trinajstić information content (AvgIpc) is 2.61. The molecule has 7 nitrogen and oxygen atoms in total. The van der Waals surface area contributed by atoms with Crippen LogP contribution in [0.5, 0.6) is 0 Å². The minimum atomic E-state index is -0.267. The van der Waals surface area contributed by atoms with Gasteiger partial charge in [0.15, 0.2) is 5.96 Å². The number of halogens is 3. The molecule has 0 saturated carbocycles. The van der Waals surface area contributed by atoms with Crippen molar-refractivity contribution >= 4 is 60.9 Å². The van der Waals surface area contributed by atoms with E-state index in [2.05, 4.69) is 57.1 Å². The summed E-state index contributed by atoms with van der Waals surface area (Å²) >= 11 is 12.0. The highest BCUT2D eigenvalue weighted by molar-refractivity contribution is 9.12. The first kappa shape index (κ1) is 21.2. The zero-order valence-corrected chi connectivity index (χ0v) is 17.0. The number of amidine groups is 1. The van der Waals surface area contributed by atoms with Gasteiger partial charge in [0.2, 0.25) is 5.29 Å². The molecule has 0 spiro atoms. The molecule has 10 heteroatoms. The molecule has 132 valence electrons. The third-order valence-electron chi connectivity index (χ3n) is 2.43. The van der Waals surface area contributed by atoms with E-state index in [9.17, 15) is 0 Å². The number of allylic oxidation sites excluding steroid dienone is 5. The lowest BCUT2D eigenvalue weighted by molar-refractivity contribution is 0.987. The molecule has 0 aliphatic heterocycles. The van der Waals surface area contributed by atoms with Crippen LogP contribution < -0.4 is 11.1 Å². The number of aromatic nitrogens is 2. The van der Waals surface area contributed by atoms with Gasteiger partial charge in [-0.2, -0.15) is 0 Å². The molecule has 0 fully saturated rings. The molecule has 0 aliphatic carbocycles. The van der Waals surface area contributed by atoms with Gasteiger partial charge >= 0.3 is 0 Å². The van der Waals surface area contributed by atoms with E-state index in [4.69, 9.17) is 22.7 Å². The van der Waals surface area contributed by atoms with Gasteiger partial charge < -0.3 is 11.1 Å². The Balaban J connectivity index is 2.41. The van der Waals surface area contributed by atoms with Crippen LogP contribution in [0.3, 0.4) is 0 Å². The van der Waals surface area contributed by atoms with Crippen LogP contribution in [0.2, 0.25) is 0 Å².